The van der Waals surface area contributed by atoms with Gasteiger partial charge in [-0.2, -0.15) is 0 Å². The Labute approximate surface area is 197 Å². The van der Waals surface area contributed by atoms with Gasteiger partial charge in [0.05, 0.1) is 11.2 Å². The number of carbonyl (C=O) groups excluding carboxylic acids is 3. The largest absolute Gasteiger partial charge is 0.322 e. The molecule has 2 unspecified atom stereocenters. The predicted octanol–water partition coefficient (Wildman–Crippen LogP) is 1.82. The number of amides is 3. The number of aromatic nitrogens is 1. The van der Waals surface area contributed by atoms with Crippen molar-refractivity contribution in [3.05, 3.63) is 51.0 Å². The van der Waals surface area contributed by atoms with Crippen molar-refractivity contribution in [2.45, 2.75) is 51.9 Å². The number of carbonyl (C=O) groups is 3. The molecule has 0 aliphatic carbocycles. The molecule has 9 heteroatoms. The molecule has 3 aliphatic rings. The van der Waals surface area contributed by atoms with Crippen LogP contribution in [0, 0.1) is 12.8 Å². The molecule has 2 aromatic rings. The van der Waals surface area contributed by atoms with E-state index in [1.807, 2.05) is 17.6 Å². The fourth-order valence-electron chi connectivity index (χ4n) is 5.14. The number of benzene rings is 1. The molecule has 3 aliphatic heterocycles. The van der Waals surface area contributed by atoms with Gasteiger partial charge < -0.3 is 10.2 Å². The first kappa shape index (κ1) is 22.2. The lowest BCUT2D eigenvalue weighted by Crippen LogP contribution is -2.52. The number of nitrogens with one attached hydrogen (secondary N) is 2. The number of rotatable bonds is 7. The molecule has 2 N–H and O–H groups in total. The highest BCUT2D eigenvalue weighted by Gasteiger charge is 2.39. The third-order valence-corrected chi connectivity index (χ3v) is 7.88. The van der Waals surface area contributed by atoms with E-state index in [0.717, 1.165) is 49.5 Å². The summed E-state index contributed by atoms with van der Waals surface area (Å²) >= 11 is 1.69. The van der Waals surface area contributed by atoms with Crippen LogP contribution in [0.4, 0.5) is 0 Å². The summed E-state index contributed by atoms with van der Waals surface area (Å²) in [6.07, 6.45) is 1.82. The summed E-state index contributed by atoms with van der Waals surface area (Å²) in [5.41, 5.74) is 5.78. The van der Waals surface area contributed by atoms with Crippen LogP contribution < -0.4 is 10.6 Å². The van der Waals surface area contributed by atoms with Crippen molar-refractivity contribution < 1.29 is 14.4 Å². The van der Waals surface area contributed by atoms with E-state index in [1.165, 1.54) is 11.3 Å². The minimum absolute atomic E-state index is 0.119. The van der Waals surface area contributed by atoms with E-state index in [9.17, 15) is 14.4 Å². The number of fused-ring (bicyclic) bond motifs is 1. The number of imide groups is 1. The molecular formula is C24H29N5O3S. The first-order valence-electron chi connectivity index (χ1n) is 11.6. The number of thiazole rings is 1. The van der Waals surface area contributed by atoms with E-state index < -0.39 is 6.04 Å². The van der Waals surface area contributed by atoms with Crippen molar-refractivity contribution in [2.24, 2.45) is 5.92 Å². The molecule has 2 saturated heterocycles. The number of nitrogens with zero attached hydrogens (tertiary/aromatic N) is 3. The van der Waals surface area contributed by atoms with E-state index in [1.54, 1.807) is 16.2 Å². The molecule has 0 radical (unpaired) electrons. The summed E-state index contributed by atoms with van der Waals surface area (Å²) in [4.78, 5) is 46.9. The maximum atomic E-state index is 13.2. The summed E-state index contributed by atoms with van der Waals surface area (Å²) in [7, 11) is 0. The highest BCUT2D eigenvalue weighted by molar-refractivity contribution is 7.09. The minimum atomic E-state index is -0.587. The van der Waals surface area contributed by atoms with Crippen molar-refractivity contribution in [3.63, 3.8) is 0 Å². The highest BCUT2D eigenvalue weighted by Crippen LogP contribution is 2.31. The zero-order valence-electron chi connectivity index (χ0n) is 18.8. The molecule has 2 fully saturated rings. The Hall–Kier alpha value is -2.62. The molecule has 0 saturated carbocycles. The first-order valence-corrected chi connectivity index (χ1v) is 12.4. The van der Waals surface area contributed by atoms with Crippen LogP contribution in [0.25, 0.3) is 0 Å². The van der Waals surface area contributed by atoms with Crippen LogP contribution >= 0.6 is 11.3 Å². The van der Waals surface area contributed by atoms with Crippen LogP contribution in [-0.4, -0.2) is 58.2 Å². The summed E-state index contributed by atoms with van der Waals surface area (Å²) < 4.78 is 0. The molecule has 0 spiro atoms. The first-order chi connectivity index (χ1) is 16.0. The fraction of sp³-hybridized carbons (Fsp3) is 0.500. The molecule has 8 nitrogen and oxygen atoms in total. The van der Waals surface area contributed by atoms with Gasteiger partial charge in [0.1, 0.15) is 6.04 Å². The average Bonchev–Trinajstić information content (AvgIpc) is 3.51. The molecule has 4 heterocycles. The van der Waals surface area contributed by atoms with Gasteiger partial charge in [-0.15, -0.1) is 11.3 Å². The van der Waals surface area contributed by atoms with Gasteiger partial charge >= 0.3 is 0 Å². The summed E-state index contributed by atoms with van der Waals surface area (Å²) in [6.45, 7) is 7.13. The molecule has 1 aromatic heterocycles. The summed E-state index contributed by atoms with van der Waals surface area (Å²) in [5, 5.41) is 5.84. The molecule has 174 valence electrons. The van der Waals surface area contributed by atoms with Gasteiger partial charge in [-0.05, 0) is 56.0 Å². The smallest absolute Gasteiger partial charge is 0.255 e. The fourth-order valence-corrected chi connectivity index (χ4v) is 5.96. The van der Waals surface area contributed by atoms with Crippen LogP contribution in [0.2, 0.25) is 0 Å². The monoisotopic (exact) mass is 467 g/mol. The van der Waals surface area contributed by atoms with Crippen LogP contribution in [0.3, 0.4) is 0 Å². The van der Waals surface area contributed by atoms with E-state index in [0.29, 0.717) is 24.4 Å². The van der Waals surface area contributed by atoms with Gasteiger partial charge in [0.2, 0.25) is 11.8 Å². The highest BCUT2D eigenvalue weighted by atomic mass is 32.1. The van der Waals surface area contributed by atoms with Crippen molar-refractivity contribution in [2.75, 3.05) is 19.6 Å². The maximum Gasteiger partial charge on any atom is 0.255 e. The Morgan fingerprint density at radius 3 is 2.82 bits per heavy atom. The van der Waals surface area contributed by atoms with Crippen LogP contribution in [-0.2, 0) is 29.2 Å². The Balaban J connectivity index is 1.37. The second-order valence-electron chi connectivity index (χ2n) is 9.23. The van der Waals surface area contributed by atoms with Gasteiger partial charge in [-0.25, -0.2) is 4.98 Å². The number of hydrogen-bond acceptors (Lipinski definition) is 7. The van der Waals surface area contributed by atoms with Gasteiger partial charge in [0, 0.05) is 43.0 Å². The SMILES string of the molecule is Cc1ncsc1CN(Cc1cccc2c1CN(C1CCC(=O)NC1=O)C2=O)CC1CCNC1. The zero-order chi connectivity index (χ0) is 22.9. The van der Waals surface area contributed by atoms with E-state index in [2.05, 4.69) is 33.5 Å². The molecule has 0 bridgehead atoms. The predicted molar refractivity (Wildman–Crippen MR) is 124 cm³/mol. The van der Waals surface area contributed by atoms with Crippen molar-refractivity contribution in [1.29, 1.82) is 0 Å². The van der Waals surface area contributed by atoms with Gasteiger partial charge in [-0.3, -0.25) is 24.6 Å². The van der Waals surface area contributed by atoms with E-state index in [-0.39, 0.29) is 24.1 Å². The van der Waals surface area contributed by atoms with Crippen LogP contribution in [0.1, 0.15) is 51.3 Å². The average molecular weight is 468 g/mol. The lowest BCUT2D eigenvalue weighted by Gasteiger charge is -2.29. The van der Waals surface area contributed by atoms with Gasteiger partial charge in [0.25, 0.3) is 5.91 Å². The Bertz CT molecular complexity index is 1080. The molecule has 2 atom stereocenters. The quantitative estimate of drug-likeness (QED) is 0.604. The molecular weight excluding hydrogens is 438 g/mol. The Kier molecular flexibility index (Phi) is 6.27. The van der Waals surface area contributed by atoms with Crippen molar-refractivity contribution in [1.82, 2.24) is 25.4 Å². The normalized spacial score (nSPS) is 22.8. The van der Waals surface area contributed by atoms with Gasteiger partial charge in [-0.1, -0.05) is 12.1 Å². The van der Waals surface area contributed by atoms with Crippen molar-refractivity contribution >= 4 is 29.1 Å². The minimum Gasteiger partial charge on any atom is -0.322 e. The van der Waals surface area contributed by atoms with E-state index in [4.69, 9.17) is 0 Å². The lowest BCUT2D eigenvalue weighted by atomic mass is 10.0. The zero-order valence-corrected chi connectivity index (χ0v) is 19.6. The number of hydrogen-bond donors (Lipinski definition) is 2. The maximum absolute atomic E-state index is 13.2. The molecule has 33 heavy (non-hydrogen) atoms. The number of piperidine rings is 1. The second kappa shape index (κ2) is 9.32. The molecule has 5 rings (SSSR count). The van der Waals surface area contributed by atoms with Crippen molar-refractivity contribution in [3.8, 4) is 0 Å². The Morgan fingerprint density at radius 2 is 2.09 bits per heavy atom. The standard InChI is InChI=1S/C24H29N5O3S/c1-15-21(33-14-26-15)13-28(10-16-7-8-25-9-16)11-17-3-2-4-18-19(17)12-29(24(18)32)20-5-6-22(30)27-23(20)31/h2-4,14,16,20,25H,5-13H2,1H3,(H,27,30,31). The second-order valence-corrected chi connectivity index (χ2v) is 10.2. The lowest BCUT2D eigenvalue weighted by molar-refractivity contribution is -0.136. The summed E-state index contributed by atoms with van der Waals surface area (Å²) in [6, 6.07) is 5.30. The topological polar surface area (TPSA) is 94.6 Å². The van der Waals surface area contributed by atoms with Crippen LogP contribution in [0.15, 0.2) is 23.7 Å². The van der Waals surface area contributed by atoms with E-state index >= 15 is 0 Å². The third-order valence-electron chi connectivity index (χ3n) is 6.96. The van der Waals surface area contributed by atoms with Gasteiger partial charge in [0.15, 0.2) is 0 Å². The number of aryl methyl sites for hydroxylation is 1. The van der Waals surface area contributed by atoms with Crippen LogP contribution in [0.5, 0.6) is 0 Å². The molecule has 1 aromatic carbocycles. The Morgan fingerprint density at radius 1 is 1.21 bits per heavy atom. The third kappa shape index (κ3) is 4.58. The molecule has 3 amide bonds. The summed E-state index contributed by atoms with van der Waals surface area (Å²) in [5.74, 6) is -0.149.